The van der Waals surface area contributed by atoms with Crippen molar-refractivity contribution in [3.63, 3.8) is 0 Å². The molecule has 9 heteroatoms. The number of ether oxygens (including phenoxy) is 2. The van der Waals surface area contributed by atoms with E-state index in [4.69, 9.17) is 9.47 Å². The molecule has 1 aliphatic rings. The van der Waals surface area contributed by atoms with Gasteiger partial charge in [0.05, 0.1) is 14.2 Å². The Kier molecular flexibility index (Phi) is 5.93. The number of piperazine rings is 1. The summed E-state index contributed by atoms with van der Waals surface area (Å²) in [5, 5.41) is 11.2. The third-order valence-corrected chi connectivity index (χ3v) is 4.55. The molecule has 2 aromatic rings. The molecule has 0 radical (unpaired) electrons. The molecule has 0 atom stereocenters. The van der Waals surface area contributed by atoms with Gasteiger partial charge in [-0.1, -0.05) is 0 Å². The number of amides is 2. The average Bonchev–Trinajstić information content (AvgIpc) is 2.73. The lowest BCUT2D eigenvalue weighted by Crippen LogP contribution is -2.50. The molecule has 0 bridgehead atoms. The number of hydrogen-bond donors (Lipinski definition) is 1. The van der Waals surface area contributed by atoms with Crippen molar-refractivity contribution in [2.45, 2.75) is 6.92 Å². The summed E-state index contributed by atoms with van der Waals surface area (Å²) in [7, 11) is 3.14. The maximum Gasteiger partial charge on any atom is 0.274 e. The highest BCUT2D eigenvalue weighted by Crippen LogP contribution is 2.30. The van der Waals surface area contributed by atoms with Crippen LogP contribution in [-0.4, -0.2) is 72.2 Å². The van der Waals surface area contributed by atoms with Gasteiger partial charge in [-0.25, -0.2) is 0 Å². The summed E-state index contributed by atoms with van der Waals surface area (Å²) < 4.78 is 10.5. The largest absolute Gasteiger partial charge is 0.493 e. The predicted octanol–water partition coefficient (Wildman–Crippen LogP) is 1.54. The molecule has 0 aliphatic carbocycles. The van der Waals surface area contributed by atoms with E-state index in [1.807, 2.05) is 6.07 Å². The van der Waals surface area contributed by atoms with Crippen LogP contribution >= 0.6 is 0 Å². The van der Waals surface area contributed by atoms with Crippen molar-refractivity contribution in [3.8, 4) is 11.5 Å². The van der Waals surface area contributed by atoms with Gasteiger partial charge in [-0.05, 0) is 24.3 Å². The standard InChI is InChI=1S/C19H23N5O4/c1-13(25)23-8-10-24(11-9-23)19(26)15-5-7-18(22-21-15)20-14-4-6-16(27-2)17(12-14)28-3/h4-7,12H,8-11H2,1-3H3,(H,20,22). The zero-order valence-electron chi connectivity index (χ0n) is 16.1. The molecule has 1 aliphatic heterocycles. The lowest BCUT2D eigenvalue weighted by atomic mass is 10.2. The molecule has 1 aromatic heterocycles. The molecule has 28 heavy (non-hydrogen) atoms. The normalized spacial score (nSPS) is 13.8. The van der Waals surface area contributed by atoms with Crippen molar-refractivity contribution in [1.29, 1.82) is 0 Å². The van der Waals surface area contributed by atoms with Crippen LogP contribution in [0.25, 0.3) is 0 Å². The van der Waals surface area contributed by atoms with E-state index in [0.29, 0.717) is 43.5 Å². The molecular weight excluding hydrogens is 362 g/mol. The fourth-order valence-electron chi connectivity index (χ4n) is 2.96. The smallest absolute Gasteiger partial charge is 0.274 e. The van der Waals surface area contributed by atoms with Crippen molar-refractivity contribution in [2.75, 3.05) is 45.7 Å². The lowest BCUT2D eigenvalue weighted by molar-refractivity contribution is -0.130. The Morgan fingerprint density at radius 2 is 1.61 bits per heavy atom. The number of anilines is 2. The molecule has 0 saturated carbocycles. The van der Waals surface area contributed by atoms with Gasteiger partial charge in [0.1, 0.15) is 0 Å². The maximum atomic E-state index is 12.6. The van der Waals surface area contributed by atoms with Crippen molar-refractivity contribution in [2.24, 2.45) is 0 Å². The SMILES string of the molecule is COc1ccc(Nc2ccc(C(=O)N3CCN(C(C)=O)CC3)nn2)cc1OC. The minimum absolute atomic E-state index is 0.0254. The summed E-state index contributed by atoms with van der Waals surface area (Å²) >= 11 is 0. The molecule has 2 amide bonds. The molecule has 1 aromatic carbocycles. The molecule has 1 N–H and O–H groups in total. The first-order chi connectivity index (χ1) is 13.5. The highest BCUT2D eigenvalue weighted by Gasteiger charge is 2.24. The quantitative estimate of drug-likeness (QED) is 0.834. The van der Waals surface area contributed by atoms with Crippen molar-refractivity contribution in [1.82, 2.24) is 20.0 Å². The van der Waals surface area contributed by atoms with Gasteiger partial charge in [-0.2, -0.15) is 0 Å². The third-order valence-electron chi connectivity index (χ3n) is 4.55. The van der Waals surface area contributed by atoms with E-state index in [0.717, 1.165) is 5.69 Å². The number of methoxy groups -OCH3 is 2. The van der Waals surface area contributed by atoms with Crippen LogP contribution < -0.4 is 14.8 Å². The molecule has 3 rings (SSSR count). The summed E-state index contributed by atoms with van der Waals surface area (Å²) in [4.78, 5) is 27.4. The third kappa shape index (κ3) is 4.30. The summed E-state index contributed by atoms with van der Waals surface area (Å²) in [5.41, 5.74) is 1.03. The van der Waals surface area contributed by atoms with Gasteiger partial charge in [0, 0.05) is 44.9 Å². The van der Waals surface area contributed by atoms with Crippen LogP contribution in [0.5, 0.6) is 11.5 Å². The minimum atomic E-state index is -0.187. The van der Waals surface area contributed by atoms with Crippen LogP contribution in [0.4, 0.5) is 11.5 Å². The number of benzene rings is 1. The van der Waals surface area contributed by atoms with E-state index < -0.39 is 0 Å². The van der Waals surface area contributed by atoms with Gasteiger partial charge in [0.25, 0.3) is 5.91 Å². The van der Waals surface area contributed by atoms with E-state index >= 15 is 0 Å². The number of nitrogens with zero attached hydrogens (tertiary/aromatic N) is 4. The molecule has 1 saturated heterocycles. The number of aromatic nitrogens is 2. The van der Waals surface area contributed by atoms with Crippen LogP contribution in [0.3, 0.4) is 0 Å². The van der Waals surface area contributed by atoms with Crippen molar-refractivity contribution < 1.29 is 19.1 Å². The summed E-state index contributed by atoms with van der Waals surface area (Å²) in [6.07, 6.45) is 0. The Morgan fingerprint density at radius 3 is 2.18 bits per heavy atom. The number of nitrogens with one attached hydrogen (secondary N) is 1. The highest BCUT2D eigenvalue weighted by atomic mass is 16.5. The first-order valence-corrected chi connectivity index (χ1v) is 8.89. The van der Waals surface area contributed by atoms with E-state index in [2.05, 4.69) is 15.5 Å². The van der Waals surface area contributed by atoms with Crippen LogP contribution in [0.15, 0.2) is 30.3 Å². The van der Waals surface area contributed by atoms with E-state index in [-0.39, 0.29) is 17.5 Å². The van der Waals surface area contributed by atoms with E-state index in [1.165, 1.54) is 6.92 Å². The number of hydrogen-bond acceptors (Lipinski definition) is 7. The lowest BCUT2D eigenvalue weighted by Gasteiger charge is -2.33. The Hall–Kier alpha value is -3.36. The van der Waals surface area contributed by atoms with Crippen LogP contribution in [0.1, 0.15) is 17.4 Å². The Labute approximate surface area is 163 Å². The van der Waals surface area contributed by atoms with Crippen LogP contribution in [0.2, 0.25) is 0 Å². The molecule has 0 spiro atoms. The second kappa shape index (κ2) is 8.55. The summed E-state index contributed by atoms with van der Waals surface area (Å²) in [5.74, 6) is 1.57. The monoisotopic (exact) mass is 385 g/mol. The molecule has 1 fully saturated rings. The fourth-order valence-corrected chi connectivity index (χ4v) is 2.96. The first kappa shape index (κ1) is 19.4. The Morgan fingerprint density at radius 1 is 0.929 bits per heavy atom. The zero-order chi connectivity index (χ0) is 20.1. The van der Waals surface area contributed by atoms with Crippen LogP contribution in [-0.2, 0) is 4.79 Å². The van der Waals surface area contributed by atoms with Gasteiger partial charge in [-0.3, -0.25) is 9.59 Å². The molecule has 9 nitrogen and oxygen atoms in total. The second-order valence-electron chi connectivity index (χ2n) is 6.30. The summed E-state index contributed by atoms with van der Waals surface area (Å²) in [6.45, 7) is 3.59. The van der Waals surface area contributed by atoms with Crippen LogP contribution in [0, 0.1) is 0 Å². The van der Waals surface area contributed by atoms with Gasteiger partial charge in [-0.15, -0.1) is 10.2 Å². The van der Waals surface area contributed by atoms with Gasteiger partial charge in [0.15, 0.2) is 23.0 Å². The topological polar surface area (TPSA) is 96.9 Å². The number of carbonyl (C=O) groups excluding carboxylic acids is 2. The van der Waals surface area contributed by atoms with Crippen molar-refractivity contribution >= 4 is 23.3 Å². The summed E-state index contributed by atoms with van der Waals surface area (Å²) in [6, 6.07) is 8.73. The van der Waals surface area contributed by atoms with E-state index in [9.17, 15) is 9.59 Å². The average molecular weight is 385 g/mol. The maximum absolute atomic E-state index is 12.6. The number of rotatable bonds is 5. The Balaban J connectivity index is 1.64. The molecule has 0 unspecified atom stereocenters. The Bertz CT molecular complexity index is 848. The van der Waals surface area contributed by atoms with Gasteiger partial charge >= 0.3 is 0 Å². The molecular formula is C19H23N5O4. The fraction of sp³-hybridized carbons (Fsp3) is 0.368. The minimum Gasteiger partial charge on any atom is -0.493 e. The number of carbonyl (C=O) groups is 2. The predicted molar refractivity (Wildman–Crippen MR) is 103 cm³/mol. The van der Waals surface area contributed by atoms with Gasteiger partial charge in [0.2, 0.25) is 5.91 Å². The molecule has 2 heterocycles. The first-order valence-electron chi connectivity index (χ1n) is 8.89. The van der Waals surface area contributed by atoms with Gasteiger partial charge < -0.3 is 24.6 Å². The van der Waals surface area contributed by atoms with Crippen molar-refractivity contribution in [3.05, 3.63) is 36.0 Å². The highest BCUT2D eigenvalue weighted by molar-refractivity contribution is 5.92. The second-order valence-corrected chi connectivity index (χ2v) is 6.30. The van der Waals surface area contributed by atoms with E-state index in [1.54, 1.807) is 48.3 Å². The zero-order valence-corrected chi connectivity index (χ0v) is 16.1. The molecule has 148 valence electrons.